The van der Waals surface area contributed by atoms with E-state index in [-0.39, 0.29) is 11.8 Å². The maximum absolute atomic E-state index is 12.6. The van der Waals surface area contributed by atoms with Crippen LogP contribution in [0.3, 0.4) is 0 Å². The van der Waals surface area contributed by atoms with E-state index in [0.717, 1.165) is 11.2 Å². The van der Waals surface area contributed by atoms with Gasteiger partial charge in [0.25, 0.3) is 0 Å². The highest BCUT2D eigenvalue weighted by atomic mass is 35.5. The van der Waals surface area contributed by atoms with E-state index in [1.165, 1.54) is 6.08 Å². The molecule has 1 aliphatic heterocycles. The molecule has 8 heteroatoms. The Hall–Kier alpha value is -2.83. The molecule has 0 bridgehead atoms. The molecule has 0 saturated carbocycles. The van der Waals surface area contributed by atoms with Crippen LogP contribution in [-0.2, 0) is 16.0 Å². The SMILES string of the molecule is O=C(/C=C/c1c(Cl)nc2ccccn12)N1CCN(C(=O)Cc2ccc(Cl)cc2)CC1. The Labute approximate surface area is 184 Å². The van der Waals surface area contributed by atoms with Crippen molar-refractivity contribution < 1.29 is 9.59 Å². The van der Waals surface area contributed by atoms with Gasteiger partial charge in [0, 0.05) is 43.5 Å². The minimum Gasteiger partial charge on any atom is -0.339 e. The molecular weight excluding hydrogens is 423 g/mol. The predicted molar refractivity (Wildman–Crippen MR) is 118 cm³/mol. The molecule has 2 amide bonds. The van der Waals surface area contributed by atoms with E-state index in [2.05, 4.69) is 4.98 Å². The van der Waals surface area contributed by atoms with Crippen LogP contribution < -0.4 is 0 Å². The number of hydrogen-bond acceptors (Lipinski definition) is 3. The molecule has 4 rings (SSSR count). The van der Waals surface area contributed by atoms with Gasteiger partial charge in [0.2, 0.25) is 11.8 Å². The molecule has 0 spiro atoms. The van der Waals surface area contributed by atoms with Crippen LogP contribution in [0.5, 0.6) is 0 Å². The minimum atomic E-state index is -0.109. The molecule has 3 heterocycles. The molecule has 0 radical (unpaired) electrons. The van der Waals surface area contributed by atoms with Crippen molar-refractivity contribution >= 4 is 46.7 Å². The van der Waals surface area contributed by atoms with Gasteiger partial charge in [-0.2, -0.15) is 0 Å². The van der Waals surface area contributed by atoms with E-state index in [1.807, 2.05) is 40.9 Å². The molecule has 30 heavy (non-hydrogen) atoms. The summed E-state index contributed by atoms with van der Waals surface area (Å²) >= 11 is 12.1. The van der Waals surface area contributed by atoms with E-state index >= 15 is 0 Å². The van der Waals surface area contributed by atoms with Gasteiger partial charge in [-0.3, -0.25) is 14.0 Å². The van der Waals surface area contributed by atoms with E-state index in [1.54, 1.807) is 28.0 Å². The summed E-state index contributed by atoms with van der Waals surface area (Å²) in [4.78, 5) is 32.9. The normalized spacial score (nSPS) is 14.6. The van der Waals surface area contributed by atoms with Crippen LogP contribution in [-0.4, -0.2) is 57.2 Å². The summed E-state index contributed by atoms with van der Waals surface area (Å²) in [6.45, 7) is 2.03. The number of pyridine rings is 1. The van der Waals surface area contributed by atoms with Gasteiger partial charge in [-0.05, 0) is 35.9 Å². The van der Waals surface area contributed by atoms with Crippen molar-refractivity contribution in [1.82, 2.24) is 19.2 Å². The average molecular weight is 443 g/mol. The maximum Gasteiger partial charge on any atom is 0.246 e. The van der Waals surface area contributed by atoms with E-state index in [9.17, 15) is 9.59 Å². The second-order valence-electron chi connectivity index (χ2n) is 7.06. The van der Waals surface area contributed by atoms with Gasteiger partial charge in [-0.1, -0.05) is 41.4 Å². The molecule has 1 aliphatic rings. The number of carbonyl (C=O) groups is 2. The summed E-state index contributed by atoms with van der Waals surface area (Å²) in [5, 5.41) is 1.000. The molecule has 154 valence electrons. The van der Waals surface area contributed by atoms with Gasteiger partial charge < -0.3 is 9.80 Å². The van der Waals surface area contributed by atoms with Crippen molar-refractivity contribution in [1.29, 1.82) is 0 Å². The third kappa shape index (κ3) is 4.50. The Morgan fingerprint density at radius 2 is 1.67 bits per heavy atom. The van der Waals surface area contributed by atoms with E-state index in [4.69, 9.17) is 23.2 Å². The highest BCUT2D eigenvalue weighted by Crippen LogP contribution is 2.19. The van der Waals surface area contributed by atoms with Gasteiger partial charge in [0.15, 0.2) is 5.15 Å². The fraction of sp³-hybridized carbons (Fsp3) is 0.227. The van der Waals surface area contributed by atoms with Crippen molar-refractivity contribution in [3.8, 4) is 0 Å². The number of imidazole rings is 1. The van der Waals surface area contributed by atoms with Crippen LogP contribution >= 0.6 is 23.2 Å². The summed E-state index contributed by atoms with van der Waals surface area (Å²) in [6, 6.07) is 12.9. The smallest absolute Gasteiger partial charge is 0.246 e. The minimum absolute atomic E-state index is 0.0532. The first-order chi connectivity index (χ1) is 14.5. The first-order valence-electron chi connectivity index (χ1n) is 9.63. The fourth-order valence-electron chi connectivity index (χ4n) is 3.46. The van der Waals surface area contributed by atoms with Crippen LogP contribution in [0.25, 0.3) is 11.7 Å². The average Bonchev–Trinajstić information content (AvgIpc) is 3.08. The Morgan fingerprint density at radius 3 is 2.40 bits per heavy atom. The molecule has 1 aromatic carbocycles. The topological polar surface area (TPSA) is 57.9 Å². The van der Waals surface area contributed by atoms with Crippen LogP contribution in [0.1, 0.15) is 11.3 Å². The molecule has 3 aromatic rings. The van der Waals surface area contributed by atoms with Crippen molar-refractivity contribution in [2.75, 3.05) is 26.2 Å². The molecule has 0 N–H and O–H groups in total. The molecule has 1 saturated heterocycles. The van der Waals surface area contributed by atoms with Crippen LogP contribution in [0.15, 0.2) is 54.7 Å². The highest BCUT2D eigenvalue weighted by Gasteiger charge is 2.23. The first-order valence-corrected chi connectivity index (χ1v) is 10.4. The molecule has 2 aromatic heterocycles. The number of carbonyl (C=O) groups excluding carboxylic acids is 2. The number of amides is 2. The quantitative estimate of drug-likeness (QED) is 0.580. The number of benzene rings is 1. The van der Waals surface area contributed by atoms with Crippen LogP contribution in [0.2, 0.25) is 10.2 Å². The number of hydrogen-bond donors (Lipinski definition) is 0. The molecule has 6 nitrogen and oxygen atoms in total. The van der Waals surface area contributed by atoms with Gasteiger partial charge in [-0.25, -0.2) is 4.98 Å². The highest BCUT2D eigenvalue weighted by molar-refractivity contribution is 6.31. The zero-order valence-corrected chi connectivity index (χ0v) is 17.7. The molecule has 0 unspecified atom stereocenters. The number of fused-ring (bicyclic) bond motifs is 1. The van der Waals surface area contributed by atoms with Gasteiger partial charge in [-0.15, -0.1) is 0 Å². The Kier molecular flexibility index (Phi) is 6.06. The first kappa shape index (κ1) is 20.4. The number of rotatable bonds is 4. The van der Waals surface area contributed by atoms with Crippen molar-refractivity contribution in [2.45, 2.75) is 6.42 Å². The van der Waals surface area contributed by atoms with E-state index in [0.29, 0.717) is 48.5 Å². The van der Waals surface area contributed by atoms with Crippen LogP contribution in [0.4, 0.5) is 0 Å². The number of piperazine rings is 1. The second-order valence-corrected chi connectivity index (χ2v) is 7.85. The van der Waals surface area contributed by atoms with Gasteiger partial charge in [0.05, 0.1) is 12.1 Å². The molecule has 1 fully saturated rings. The lowest BCUT2D eigenvalue weighted by molar-refractivity contribution is -0.136. The molecule has 0 atom stereocenters. The van der Waals surface area contributed by atoms with Crippen molar-refractivity contribution in [3.05, 3.63) is 76.2 Å². The summed E-state index contributed by atoms with van der Waals surface area (Å²) in [6.07, 6.45) is 5.37. The Morgan fingerprint density at radius 1 is 0.967 bits per heavy atom. The summed E-state index contributed by atoms with van der Waals surface area (Å²) < 4.78 is 1.83. The third-order valence-corrected chi connectivity index (χ3v) is 5.65. The van der Waals surface area contributed by atoms with Gasteiger partial charge >= 0.3 is 0 Å². The predicted octanol–water partition coefficient (Wildman–Crippen LogP) is 3.57. The summed E-state index contributed by atoms with van der Waals surface area (Å²) in [7, 11) is 0. The summed E-state index contributed by atoms with van der Waals surface area (Å²) in [5.74, 6) is -0.0563. The second kappa shape index (κ2) is 8.90. The lowest BCUT2D eigenvalue weighted by Crippen LogP contribution is -2.50. The van der Waals surface area contributed by atoms with Crippen molar-refractivity contribution in [3.63, 3.8) is 0 Å². The maximum atomic E-state index is 12.6. The zero-order valence-electron chi connectivity index (χ0n) is 16.2. The van der Waals surface area contributed by atoms with Gasteiger partial charge in [0.1, 0.15) is 5.65 Å². The number of nitrogens with zero attached hydrogens (tertiary/aromatic N) is 4. The lowest BCUT2D eigenvalue weighted by Gasteiger charge is -2.34. The zero-order chi connectivity index (χ0) is 21.1. The largest absolute Gasteiger partial charge is 0.339 e. The van der Waals surface area contributed by atoms with E-state index < -0.39 is 0 Å². The number of aromatic nitrogens is 2. The molecular formula is C22H20Cl2N4O2. The Bertz CT molecular complexity index is 1100. The molecule has 0 aliphatic carbocycles. The lowest BCUT2D eigenvalue weighted by atomic mass is 10.1. The Balaban J connectivity index is 1.34. The standard InChI is InChI=1S/C22H20Cl2N4O2/c23-17-6-4-16(5-7-17)15-21(30)27-13-11-26(12-14-27)20(29)9-8-18-22(24)25-19-3-1-2-10-28(18)19/h1-10H,11-15H2/b9-8+. The number of halogens is 2. The van der Waals surface area contributed by atoms with Crippen molar-refractivity contribution in [2.24, 2.45) is 0 Å². The third-order valence-electron chi connectivity index (χ3n) is 5.12. The summed E-state index contributed by atoms with van der Waals surface area (Å²) in [5.41, 5.74) is 2.32. The van der Waals surface area contributed by atoms with Crippen LogP contribution in [0, 0.1) is 0 Å². The monoisotopic (exact) mass is 442 g/mol. The fourth-order valence-corrected chi connectivity index (χ4v) is 3.82.